The minimum atomic E-state index is -0.911. The van der Waals surface area contributed by atoms with E-state index in [2.05, 4.69) is 10.2 Å². The summed E-state index contributed by atoms with van der Waals surface area (Å²) >= 11 is 0. The number of fused-ring (bicyclic) bond motifs is 3. The zero-order chi connectivity index (χ0) is 31.1. The number of hydrogen-bond donors (Lipinski definition) is 2. The molecule has 8 heteroatoms. The standard InChI is InChI=1S/C36H43N3O5/c1-36(2,3)44-34(40)37-19-16-27-9-7-13-30(23-27)43-22-8-10-26-14-15-31(28-11-5-4-6-12-28)32(24-26)39(35(41)42)33-25-38-20-17-29(33)18-21-38/h4-15,23-24,29,33H,16-22,25H2,1-3H3,(H,37,40)(H,41,42)/t33-/m0/s1. The monoisotopic (exact) mass is 597 g/mol. The van der Waals surface area contributed by atoms with E-state index >= 15 is 0 Å². The van der Waals surface area contributed by atoms with Gasteiger partial charge < -0.3 is 24.8 Å². The number of piperidine rings is 3. The van der Waals surface area contributed by atoms with Crippen molar-refractivity contribution in [2.45, 2.75) is 51.7 Å². The van der Waals surface area contributed by atoms with Gasteiger partial charge in [0, 0.05) is 18.7 Å². The van der Waals surface area contributed by atoms with Gasteiger partial charge in [-0.15, -0.1) is 0 Å². The van der Waals surface area contributed by atoms with Crippen LogP contribution in [0.2, 0.25) is 0 Å². The fourth-order valence-electron chi connectivity index (χ4n) is 6.11. The van der Waals surface area contributed by atoms with Gasteiger partial charge in [0.2, 0.25) is 0 Å². The summed E-state index contributed by atoms with van der Waals surface area (Å²) in [5, 5.41) is 13.3. The van der Waals surface area contributed by atoms with Crippen LogP contribution < -0.4 is 15.0 Å². The highest BCUT2D eigenvalue weighted by Crippen LogP contribution is 2.39. The van der Waals surface area contributed by atoms with Gasteiger partial charge in [-0.05, 0) is 100 Å². The summed E-state index contributed by atoms with van der Waals surface area (Å²) in [6.45, 7) is 9.21. The summed E-state index contributed by atoms with van der Waals surface area (Å²) in [5.74, 6) is 1.11. The highest BCUT2D eigenvalue weighted by atomic mass is 16.6. The Labute approximate surface area is 260 Å². The van der Waals surface area contributed by atoms with E-state index < -0.39 is 17.8 Å². The molecule has 8 nitrogen and oxygen atoms in total. The number of hydrogen-bond acceptors (Lipinski definition) is 5. The number of alkyl carbamates (subject to hydrolysis) is 1. The number of nitrogens with zero attached hydrogens (tertiary/aromatic N) is 2. The summed E-state index contributed by atoms with van der Waals surface area (Å²) in [6.07, 6.45) is 5.31. The SMILES string of the molecule is CC(C)(C)OC(=O)NCCc1cccc(OCC=Cc2ccc(-c3ccccc3)c(N(C(=O)O)[C@H]3CN4CCC3CC4)c2)c1. The minimum Gasteiger partial charge on any atom is -0.490 e. The molecule has 0 aliphatic carbocycles. The molecule has 2 N–H and O–H groups in total. The molecule has 2 bridgehead atoms. The molecular formula is C36H43N3O5. The number of nitrogens with one attached hydrogen (secondary N) is 1. The lowest BCUT2D eigenvalue weighted by molar-refractivity contribution is 0.0528. The third kappa shape index (κ3) is 8.20. The number of carboxylic acid groups (broad SMARTS) is 1. The van der Waals surface area contributed by atoms with E-state index in [-0.39, 0.29) is 6.04 Å². The lowest BCUT2D eigenvalue weighted by atomic mass is 9.82. The quantitative estimate of drug-likeness (QED) is 0.259. The Morgan fingerprint density at radius 2 is 1.80 bits per heavy atom. The summed E-state index contributed by atoms with van der Waals surface area (Å²) in [5.41, 5.74) is 4.06. The van der Waals surface area contributed by atoms with Gasteiger partial charge in [0.25, 0.3) is 0 Å². The van der Waals surface area contributed by atoms with Crippen molar-refractivity contribution in [3.8, 4) is 16.9 Å². The topological polar surface area (TPSA) is 91.3 Å². The molecule has 0 saturated carbocycles. The van der Waals surface area contributed by atoms with Crippen molar-refractivity contribution < 1.29 is 24.2 Å². The summed E-state index contributed by atoms with van der Waals surface area (Å²) in [6, 6.07) is 23.8. The predicted octanol–water partition coefficient (Wildman–Crippen LogP) is 7.09. The molecule has 3 aliphatic rings. The van der Waals surface area contributed by atoms with Gasteiger partial charge in [-0.1, -0.05) is 60.7 Å². The molecule has 2 amide bonds. The molecule has 3 heterocycles. The average molecular weight is 598 g/mol. The van der Waals surface area contributed by atoms with E-state index in [1.54, 1.807) is 4.90 Å². The van der Waals surface area contributed by atoms with Gasteiger partial charge >= 0.3 is 12.2 Å². The molecule has 0 unspecified atom stereocenters. The highest BCUT2D eigenvalue weighted by Gasteiger charge is 2.40. The first-order chi connectivity index (χ1) is 21.2. The predicted molar refractivity (Wildman–Crippen MR) is 174 cm³/mol. The van der Waals surface area contributed by atoms with Crippen LogP contribution in [-0.4, -0.2) is 66.6 Å². The lowest BCUT2D eigenvalue weighted by Gasteiger charge is -2.48. The number of rotatable bonds is 10. The first kappa shape index (κ1) is 31.1. The zero-order valence-corrected chi connectivity index (χ0v) is 25.9. The maximum absolute atomic E-state index is 12.8. The van der Waals surface area contributed by atoms with Crippen LogP contribution in [0.1, 0.15) is 44.7 Å². The van der Waals surface area contributed by atoms with Crippen LogP contribution in [0, 0.1) is 5.92 Å². The Kier molecular flexibility index (Phi) is 9.90. The molecule has 3 saturated heterocycles. The van der Waals surface area contributed by atoms with E-state index in [1.165, 1.54) is 0 Å². The smallest absolute Gasteiger partial charge is 0.412 e. The fraction of sp³-hybridized carbons (Fsp3) is 0.389. The molecule has 232 valence electrons. The Balaban J connectivity index is 1.26. The van der Waals surface area contributed by atoms with Gasteiger partial charge in [0.05, 0.1) is 11.7 Å². The Morgan fingerprint density at radius 1 is 1.02 bits per heavy atom. The van der Waals surface area contributed by atoms with E-state index in [4.69, 9.17) is 9.47 Å². The van der Waals surface area contributed by atoms with Crippen molar-refractivity contribution in [3.05, 3.63) is 90.0 Å². The van der Waals surface area contributed by atoms with Crippen molar-refractivity contribution in [3.63, 3.8) is 0 Å². The second-order valence-electron chi connectivity index (χ2n) is 12.5. The van der Waals surface area contributed by atoms with Crippen molar-refractivity contribution in [1.82, 2.24) is 10.2 Å². The number of amides is 2. The van der Waals surface area contributed by atoms with Gasteiger partial charge in [-0.2, -0.15) is 0 Å². The molecule has 0 spiro atoms. The molecule has 1 atom stereocenters. The van der Waals surface area contributed by atoms with Crippen molar-refractivity contribution in [2.75, 3.05) is 37.7 Å². The molecule has 6 rings (SSSR count). The second-order valence-corrected chi connectivity index (χ2v) is 12.5. The van der Waals surface area contributed by atoms with Crippen LogP contribution in [-0.2, 0) is 11.2 Å². The average Bonchev–Trinajstić information content (AvgIpc) is 3.00. The normalized spacial score (nSPS) is 19.5. The second kappa shape index (κ2) is 14.0. The Morgan fingerprint density at radius 3 is 2.48 bits per heavy atom. The molecular weight excluding hydrogens is 554 g/mol. The summed E-state index contributed by atoms with van der Waals surface area (Å²) < 4.78 is 11.3. The van der Waals surface area contributed by atoms with E-state index in [0.29, 0.717) is 25.5 Å². The Hall–Kier alpha value is -4.30. The molecule has 3 fully saturated rings. The van der Waals surface area contributed by atoms with Crippen LogP contribution in [0.3, 0.4) is 0 Å². The van der Waals surface area contributed by atoms with Crippen LogP contribution in [0.25, 0.3) is 17.2 Å². The van der Waals surface area contributed by atoms with E-state index in [1.807, 2.05) is 106 Å². The first-order valence-electron chi connectivity index (χ1n) is 15.5. The summed E-state index contributed by atoms with van der Waals surface area (Å²) in [4.78, 5) is 28.7. The number of ether oxygens (including phenoxy) is 2. The van der Waals surface area contributed by atoms with Crippen LogP contribution in [0.4, 0.5) is 15.3 Å². The fourth-order valence-corrected chi connectivity index (χ4v) is 6.11. The summed E-state index contributed by atoms with van der Waals surface area (Å²) in [7, 11) is 0. The van der Waals surface area contributed by atoms with Crippen LogP contribution >= 0.6 is 0 Å². The largest absolute Gasteiger partial charge is 0.490 e. The first-order valence-corrected chi connectivity index (χ1v) is 15.5. The number of carbonyl (C=O) groups excluding carboxylic acids is 1. The molecule has 0 aromatic heterocycles. The third-order valence-corrected chi connectivity index (χ3v) is 8.16. The number of carbonyl (C=O) groups is 2. The van der Waals surface area contributed by atoms with Crippen LogP contribution in [0.15, 0.2) is 78.9 Å². The molecule has 44 heavy (non-hydrogen) atoms. The maximum atomic E-state index is 12.8. The Bertz CT molecular complexity index is 1460. The minimum absolute atomic E-state index is 0.0633. The van der Waals surface area contributed by atoms with E-state index in [9.17, 15) is 14.7 Å². The van der Waals surface area contributed by atoms with Gasteiger partial charge in [-0.3, -0.25) is 4.90 Å². The van der Waals surface area contributed by atoms with Gasteiger partial charge in [-0.25, -0.2) is 9.59 Å². The van der Waals surface area contributed by atoms with E-state index in [0.717, 1.165) is 66.2 Å². The lowest BCUT2D eigenvalue weighted by Crippen LogP contribution is -2.59. The van der Waals surface area contributed by atoms with Crippen molar-refractivity contribution in [1.29, 1.82) is 0 Å². The van der Waals surface area contributed by atoms with Gasteiger partial charge in [0.15, 0.2) is 0 Å². The highest BCUT2D eigenvalue weighted by molar-refractivity contribution is 5.94. The van der Waals surface area contributed by atoms with Gasteiger partial charge in [0.1, 0.15) is 18.0 Å². The molecule has 3 aromatic carbocycles. The zero-order valence-electron chi connectivity index (χ0n) is 25.9. The maximum Gasteiger partial charge on any atom is 0.412 e. The molecule has 3 aromatic rings. The molecule has 0 radical (unpaired) electrons. The number of anilines is 1. The number of benzene rings is 3. The third-order valence-electron chi connectivity index (χ3n) is 8.16. The van der Waals surface area contributed by atoms with Crippen molar-refractivity contribution in [2.24, 2.45) is 5.92 Å². The van der Waals surface area contributed by atoms with Crippen molar-refractivity contribution >= 4 is 23.9 Å². The van der Waals surface area contributed by atoms with Crippen LogP contribution in [0.5, 0.6) is 5.75 Å². The molecule has 3 aliphatic heterocycles.